The molecule has 37 heteroatoms. The molecule has 1 atom stereocenters. The van der Waals surface area contributed by atoms with E-state index in [4.69, 9.17) is 64.5 Å². The van der Waals surface area contributed by atoms with Crippen LogP contribution < -0.4 is 21.7 Å². The van der Waals surface area contributed by atoms with E-state index in [0.717, 1.165) is 0 Å². The Labute approximate surface area is 257 Å². The zero-order valence-electron chi connectivity index (χ0n) is 21.8. The van der Waals surface area contributed by atoms with Crippen molar-refractivity contribution in [1.29, 1.82) is 0 Å². The van der Waals surface area contributed by atoms with E-state index in [-0.39, 0.29) is 0 Å². The van der Waals surface area contributed by atoms with E-state index in [2.05, 4.69) is 32.5 Å². The lowest BCUT2D eigenvalue weighted by molar-refractivity contribution is -0.202. The van der Waals surface area contributed by atoms with Crippen LogP contribution in [0.5, 0.6) is 0 Å². The molecule has 47 heavy (non-hydrogen) atoms. The number of primary amides is 1. The summed E-state index contributed by atoms with van der Waals surface area (Å²) in [5, 5.41) is 6.05. The Morgan fingerprint density at radius 3 is 0.872 bits per heavy atom. The first-order valence-corrected chi connectivity index (χ1v) is 20.0. The van der Waals surface area contributed by atoms with Gasteiger partial charge in [-0.3, -0.25) is 37.3 Å². The van der Waals surface area contributed by atoms with E-state index in [9.17, 15) is 41.8 Å². The molecule has 1 aliphatic carbocycles. The first kappa shape index (κ1) is 43.9. The minimum atomic E-state index is -6.02. The number of imide groups is 1. The van der Waals surface area contributed by atoms with E-state index in [1.54, 1.807) is 0 Å². The van der Waals surface area contributed by atoms with Gasteiger partial charge in [0.15, 0.2) is 6.17 Å². The lowest BCUT2D eigenvalue weighted by Crippen LogP contribution is -2.66. The third-order valence-corrected chi connectivity index (χ3v) is 7.67. The molecule has 1 saturated carbocycles. The first-order valence-electron chi connectivity index (χ1n) is 10.8. The number of amides is 5. The number of carbonyl (C=O) groups is 3. The van der Waals surface area contributed by atoms with Crippen LogP contribution in [0.1, 0.15) is 0 Å². The third kappa shape index (κ3) is 17.4. The van der Waals surface area contributed by atoms with Crippen LogP contribution in [0.3, 0.4) is 0 Å². The number of urea groups is 2. The van der Waals surface area contributed by atoms with Gasteiger partial charge in [-0.15, -0.1) is 0 Å². The molecule has 0 aromatic carbocycles. The van der Waals surface area contributed by atoms with Gasteiger partial charge >= 0.3 is 59.0 Å². The summed E-state index contributed by atoms with van der Waals surface area (Å²) in [5.41, 5.74) is 4.70. The topological polar surface area (TPSA) is 514 Å². The fourth-order valence-corrected chi connectivity index (χ4v) is 6.80. The molecule has 2 rings (SSSR count). The number of carbonyl (C=O) groups excluding carboxylic acids is 3. The van der Waals surface area contributed by atoms with Crippen molar-refractivity contribution in [3.8, 4) is 0 Å². The van der Waals surface area contributed by atoms with Gasteiger partial charge in [-0.05, 0) is 0 Å². The van der Waals surface area contributed by atoms with E-state index >= 15 is 0 Å². The SMILES string of the molecule is NC(=O)NC1NC(=O)NC1=O.O=P(O)(O)OC1C(OP(=O)(O)O)C(OP(=O)(O)O)C(OP(=O)(O)O)C(OP(=O)(O)O)C1OP(=O)(O)O. The van der Waals surface area contributed by atoms with Gasteiger partial charge in [-0.1, -0.05) is 0 Å². The number of rotatable bonds is 13. The molecule has 1 unspecified atom stereocenters. The fraction of sp³-hybridized carbons (Fsp3) is 0.700. The fourth-order valence-electron chi connectivity index (χ4n) is 3.45. The predicted octanol–water partition coefficient (Wildman–Crippen LogP) is -5.31. The number of phosphoric acid groups is 6. The summed E-state index contributed by atoms with van der Waals surface area (Å²) < 4.78 is 93.1. The molecule has 1 saturated heterocycles. The predicted molar refractivity (Wildman–Crippen MR) is 135 cm³/mol. The summed E-state index contributed by atoms with van der Waals surface area (Å²) in [6.07, 6.45) is -19.9. The van der Waals surface area contributed by atoms with Crippen molar-refractivity contribution < 1.29 is 128 Å². The van der Waals surface area contributed by atoms with Crippen LogP contribution in [0.4, 0.5) is 9.59 Å². The normalized spacial score (nSPS) is 27.7. The van der Waals surface area contributed by atoms with Crippen LogP contribution in [-0.2, 0) is 59.3 Å². The average Bonchev–Trinajstić information content (AvgIpc) is 3.07. The summed E-state index contributed by atoms with van der Waals surface area (Å²) in [7, 11) is -36.1. The maximum absolute atomic E-state index is 11.4. The molecule has 1 heterocycles. The molecular weight excluding hydrogens is 794 g/mol. The van der Waals surface area contributed by atoms with Crippen molar-refractivity contribution in [1.82, 2.24) is 16.0 Å². The van der Waals surface area contributed by atoms with Crippen LogP contribution >= 0.6 is 46.9 Å². The highest BCUT2D eigenvalue weighted by molar-refractivity contribution is 7.47. The van der Waals surface area contributed by atoms with Crippen molar-refractivity contribution in [3.05, 3.63) is 0 Å². The van der Waals surface area contributed by atoms with Crippen LogP contribution in [0.15, 0.2) is 0 Å². The van der Waals surface area contributed by atoms with Gasteiger partial charge in [0.1, 0.15) is 36.6 Å². The zero-order valence-corrected chi connectivity index (χ0v) is 27.2. The van der Waals surface area contributed by atoms with Gasteiger partial charge in [0.2, 0.25) is 0 Å². The van der Waals surface area contributed by atoms with E-state index in [1.165, 1.54) is 0 Å². The van der Waals surface area contributed by atoms with Crippen molar-refractivity contribution in [2.75, 3.05) is 0 Å². The van der Waals surface area contributed by atoms with Crippen molar-refractivity contribution in [2.24, 2.45) is 5.73 Å². The van der Waals surface area contributed by atoms with Gasteiger partial charge in [0.25, 0.3) is 5.91 Å². The second-order valence-corrected chi connectivity index (χ2v) is 15.4. The molecule has 0 radical (unpaired) electrons. The van der Waals surface area contributed by atoms with Crippen molar-refractivity contribution >= 4 is 64.9 Å². The second kappa shape index (κ2) is 15.8. The zero-order chi connectivity index (χ0) is 37.1. The van der Waals surface area contributed by atoms with Gasteiger partial charge < -0.3 is 75.1 Å². The Morgan fingerprint density at radius 2 is 0.745 bits per heavy atom. The first-order chi connectivity index (χ1) is 20.7. The molecule has 17 N–H and O–H groups in total. The molecule has 0 aromatic heterocycles. The molecular formula is C10H24N4O27P6. The molecule has 31 nitrogen and oxygen atoms in total. The monoisotopic (exact) mass is 818 g/mol. The number of phosphoric ester groups is 6. The van der Waals surface area contributed by atoms with Crippen LogP contribution in [0.25, 0.3) is 0 Å². The molecule has 0 spiro atoms. The van der Waals surface area contributed by atoms with Gasteiger partial charge in [0.05, 0.1) is 0 Å². The number of nitrogens with two attached hydrogens (primary N) is 1. The summed E-state index contributed by atoms with van der Waals surface area (Å²) in [4.78, 5) is 141. The minimum Gasteiger partial charge on any atom is -0.352 e. The van der Waals surface area contributed by atoms with E-state index in [0.29, 0.717) is 0 Å². The number of hydrogen-bond donors (Lipinski definition) is 16. The highest BCUT2D eigenvalue weighted by atomic mass is 31.2. The van der Waals surface area contributed by atoms with Gasteiger partial charge in [-0.25, -0.2) is 37.0 Å². The molecule has 2 fully saturated rings. The Balaban J connectivity index is 0.000000841. The minimum absolute atomic E-state index is 0.617. The van der Waals surface area contributed by atoms with Crippen LogP contribution in [-0.4, -0.2) is 119 Å². The highest BCUT2D eigenvalue weighted by Crippen LogP contribution is 2.57. The summed E-state index contributed by atoms with van der Waals surface area (Å²) in [5.74, 6) is -0.617. The molecule has 0 bridgehead atoms. The summed E-state index contributed by atoms with van der Waals surface area (Å²) in [6.45, 7) is 0. The molecule has 1 aliphatic heterocycles. The molecule has 0 aromatic rings. The van der Waals surface area contributed by atoms with E-state index < -0.39 is 108 Å². The number of nitrogens with one attached hydrogen (secondary N) is 3. The molecule has 276 valence electrons. The Bertz CT molecular complexity index is 1220. The highest BCUT2D eigenvalue weighted by Gasteiger charge is 2.62. The van der Waals surface area contributed by atoms with Crippen molar-refractivity contribution in [3.63, 3.8) is 0 Å². The standard InChI is InChI=1S/C6H18O24P6.C4H6N4O3/c7-31(8,9)25-1-2(26-32(10,11)12)4(28-34(16,17)18)6(30-36(22,23)24)5(29-35(19,20)21)3(1)27-33(13,14)15;5-3(10)6-1-2(9)8-4(11)7-1/h1-6H,(H2,7,8,9)(H2,10,11,12)(H2,13,14,15)(H2,16,17,18)(H2,19,20,21)(H2,22,23,24);1H,(H3,5,6,10)(H2,7,8,9,11). The average molecular weight is 818 g/mol. The Morgan fingerprint density at radius 1 is 0.532 bits per heavy atom. The number of hydrogen-bond acceptors (Lipinski definition) is 15. The van der Waals surface area contributed by atoms with Gasteiger partial charge in [-0.2, -0.15) is 0 Å². The molecule has 5 amide bonds. The van der Waals surface area contributed by atoms with Crippen LogP contribution in [0, 0.1) is 0 Å². The third-order valence-electron chi connectivity index (χ3n) is 4.56. The Kier molecular flexibility index (Phi) is 14.8. The summed E-state index contributed by atoms with van der Waals surface area (Å²) in [6, 6.07) is -1.51. The quantitative estimate of drug-likeness (QED) is 0.0609. The smallest absolute Gasteiger partial charge is 0.352 e. The lowest BCUT2D eigenvalue weighted by Gasteiger charge is -2.48. The van der Waals surface area contributed by atoms with Crippen molar-refractivity contribution in [2.45, 2.75) is 42.8 Å². The largest absolute Gasteiger partial charge is 0.470 e. The van der Waals surface area contributed by atoms with Crippen LogP contribution in [0.2, 0.25) is 0 Å². The Hall–Kier alpha value is -1.13. The second-order valence-electron chi connectivity index (χ2n) is 8.27. The lowest BCUT2D eigenvalue weighted by atomic mass is 9.85. The maximum Gasteiger partial charge on any atom is 0.470 e. The molecule has 2 aliphatic rings. The summed E-state index contributed by atoms with van der Waals surface area (Å²) >= 11 is 0. The maximum atomic E-state index is 11.4. The van der Waals surface area contributed by atoms with E-state index in [1.807, 2.05) is 10.6 Å². The van der Waals surface area contributed by atoms with Gasteiger partial charge in [0, 0.05) is 0 Å².